The number of hydrogen-bond donors (Lipinski definition) is 0. The van der Waals surface area contributed by atoms with Gasteiger partial charge < -0.3 is 13.7 Å². The SMILES string of the molecule is CCOC(=O)c1cc(OS(=O)(=O)c2cc(F)cc(F)c2)cc(C(=O)OCC)c1. The van der Waals surface area contributed by atoms with Gasteiger partial charge in [-0.05, 0) is 44.2 Å². The molecule has 0 fully saturated rings. The fraction of sp³-hybridized carbons (Fsp3) is 0.222. The van der Waals surface area contributed by atoms with Gasteiger partial charge in [-0.3, -0.25) is 0 Å². The molecule has 150 valence electrons. The van der Waals surface area contributed by atoms with E-state index in [-0.39, 0.29) is 24.3 Å². The summed E-state index contributed by atoms with van der Waals surface area (Å²) in [6.07, 6.45) is 0. The molecule has 0 aliphatic rings. The van der Waals surface area contributed by atoms with Crippen LogP contribution in [0.3, 0.4) is 0 Å². The van der Waals surface area contributed by atoms with Crippen LogP contribution in [-0.2, 0) is 19.6 Å². The molecule has 2 aromatic carbocycles. The second kappa shape index (κ2) is 8.79. The van der Waals surface area contributed by atoms with Gasteiger partial charge in [0.1, 0.15) is 22.3 Å². The monoisotopic (exact) mass is 414 g/mol. The minimum Gasteiger partial charge on any atom is -0.462 e. The third-order valence-electron chi connectivity index (χ3n) is 3.26. The molecular formula is C18H16F2O7S. The molecule has 7 nitrogen and oxygen atoms in total. The van der Waals surface area contributed by atoms with Crippen molar-refractivity contribution in [2.45, 2.75) is 18.7 Å². The van der Waals surface area contributed by atoms with Crippen LogP contribution in [-0.4, -0.2) is 33.6 Å². The average molecular weight is 414 g/mol. The van der Waals surface area contributed by atoms with E-state index in [1.165, 1.54) is 0 Å². The highest BCUT2D eigenvalue weighted by molar-refractivity contribution is 7.87. The number of rotatable bonds is 7. The van der Waals surface area contributed by atoms with Gasteiger partial charge in [-0.25, -0.2) is 18.4 Å². The number of ether oxygens (including phenoxy) is 2. The minimum atomic E-state index is -4.65. The largest absolute Gasteiger partial charge is 0.462 e. The molecule has 0 radical (unpaired) electrons. The number of carbonyl (C=O) groups excluding carboxylic acids is 2. The molecule has 0 aliphatic heterocycles. The standard InChI is InChI=1S/C18H16F2O7S/c1-3-25-17(21)11-5-12(18(22)26-4-2)7-15(6-11)27-28(23,24)16-9-13(19)8-14(20)10-16/h5-10H,3-4H2,1-2H3. The number of esters is 2. The Labute approximate surface area is 160 Å². The Kier molecular flexibility index (Phi) is 6.68. The molecule has 0 saturated carbocycles. The van der Waals surface area contributed by atoms with E-state index in [0.29, 0.717) is 18.2 Å². The summed E-state index contributed by atoms with van der Waals surface area (Å²) in [5.41, 5.74) is -0.328. The smallest absolute Gasteiger partial charge is 0.339 e. The van der Waals surface area contributed by atoms with E-state index >= 15 is 0 Å². The molecule has 2 aromatic rings. The molecule has 0 aliphatic carbocycles. The summed E-state index contributed by atoms with van der Waals surface area (Å²) >= 11 is 0. The third-order valence-corrected chi connectivity index (χ3v) is 4.48. The van der Waals surface area contributed by atoms with Crippen molar-refractivity contribution in [1.82, 2.24) is 0 Å². The summed E-state index contributed by atoms with van der Waals surface area (Å²) in [7, 11) is -4.65. The maximum absolute atomic E-state index is 13.3. The fourth-order valence-corrected chi connectivity index (χ4v) is 3.12. The van der Waals surface area contributed by atoms with Crippen LogP contribution in [0.4, 0.5) is 8.78 Å². The van der Waals surface area contributed by atoms with Crippen molar-refractivity contribution < 1.29 is 40.4 Å². The molecule has 0 unspecified atom stereocenters. The first kappa shape index (κ1) is 21.3. The summed E-state index contributed by atoms with van der Waals surface area (Å²) in [5.74, 6) is -4.32. The maximum Gasteiger partial charge on any atom is 0.339 e. The first-order valence-electron chi connectivity index (χ1n) is 8.06. The normalized spacial score (nSPS) is 11.0. The van der Waals surface area contributed by atoms with Crippen molar-refractivity contribution in [3.05, 3.63) is 59.2 Å². The first-order chi connectivity index (χ1) is 13.2. The van der Waals surface area contributed by atoms with Crippen molar-refractivity contribution in [1.29, 1.82) is 0 Å². The molecule has 0 N–H and O–H groups in total. The lowest BCUT2D eigenvalue weighted by Gasteiger charge is -2.11. The molecule has 2 rings (SSSR count). The number of carbonyl (C=O) groups is 2. The minimum absolute atomic E-state index is 0.0412. The Bertz CT molecular complexity index is 946. The topological polar surface area (TPSA) is 96.0 Å². The van der Waals surface area contributed by atoms with Gasteiger partial charge in [0.05, 0.1) is 24.3 Å². The Hall–Kier alpha value is -3.01. The molecule has 0 spiro atoms. The lowest BCUT2D eigenvalue weighted by Crippen LogP contribution is -2.13. The number of benzene rings is 2. The lowest BCUT2D eigenvalue weighted by atomic mass is 10.1. The predicted molar refractivity (Wildman–Crippen MR) is 92.5 cm³/mol. The molecule has 0 aromatic heterocycles. The van der Waals surface area contributed by atoms with Crippen molar-refractivity contribution in [2.75, 3.05) is 13.2 Å². The highest BCUT2D eigenvalue weighted by atomic mass is 32.2. The van der Waals surface area contributed by atoms with Gasteiger partial charge in [0.25, 0.3) is 0 Å². The first-order valence-corrected chi connectivity index (χ1v) is 9.47. The second-order valence-electron chi connectivity index (χ2n) is 5.33. The van der Waals surface area contributed by atoms with Crippen LogP contribution in [0.25, 0.3) is 0 Å². The van der Waals surface area contributed by atoms with E-state index in [2.05, 4.69) is 0 Å². The molecule has 10 heteroatoms. The zero-order valence-electron chi connectivity index (χ0n) is 14.9. The van der Waals surface area contributed by atoms with Crippen LogP contribution in [0.1, 0.15) is 34.6 Å². The lowest BCUT2D eigenvalue weighted by molar-refractivity contribution is 0.0524. The summed E-state index contributed by atoms with van der Waals surface area (Å²) in [6.45, 7) is 3.21. The van der Waals surface area contributed by atoms with E-state index in [4.69, 9.17) is 13.7 Å². The van der Waals surface area contributed by atoms with Crippen LogP contribution in [0.5, 0.6) is 5.75 Å². The van der Waals surface area contributed by atoms with Crippen LogP contribution in [0, 0.1) is 11.6 Å². The van der Waals surface area contributed by atoms with E-state index in [9.17, 15) is 26.8 Å². The van der Waals surface area contributed by atoms with Crippen molar-refractivity contribution in [3.63, 3.8) is 0 Å². The van der Waals surface area contributed by atoms with Crippen molar-refractivity contribution in [2.24, 2.45) is 0 Å². The van der Waals surface area contributed by atoms with E-state index < -0.39 is 44.3 Å². The van der Waals surface area contributed by atoms with Crippen LogP contribution in [0.2, 0.25) is 0 Å². The van der Waals surface area contributed by atoms with E-state index in [0.717, 1.165) is 18.2 Å². The van der Waals surface area contributed by atoms with Crippen LogP contribution >= 0.6 is 0 Å². The van der Waals surface area contributed by atoms with Gasteiger partial charge in [-0.1, -0.05) is 0 Å². The Morgan fingerprint density at radius 1 is 0.821 bits per heavy atom. The Balaban J connectivity index is 2.47. The van der Waals surface area contributed by atoms with Gasteiger partial charge in [-0.2, -0.15) is 8.42 Å². The van der Waals surface area contributed by atoms with E-state index in [1.54, 1.807) is 13.8 Å². The predicted octanol–water partition coefficient (Wildman–Crippen LogP) is 3.09. The molecule has 0 bridgehead atoms. The van der Waals surface area contributed by atoms with Crippen molar-refractivity contribution in [3.8, 4) is 5.75 Å². The fourth-order valence-electron chi connectivity index (χ4n) is 2.16. The van der Waals surface area contributed by atoms with Gasteiger partial charge in [-0.15, -0.1) is 0 Å². The summed E-state index contributed by atoms with van der Waals surface area (Å²) < 4.78 is 65.8. The Morgan fingerprint density at radius 3 is 1.71 bits per heavy atom. The van der Waals surface area contributed by atoms with Gasteiger partial charge in [0.15, 0.2) is 0 Å². The van der Waals surface area contributed by atoms with Crippen LogP contribution < -0.4 is 4.18 Å². The number of hydrogen-bond acceptors (Lipinski definition) is 7. The van der Waals surface area contributed by atoms with E-state index in [1.807, 2.05) is 0 Å². The molecule has 0 heterocycles. The van der Waals surface area contributed by atoms with Gasteiger partial charge in [0.2, 0.25) is 0 Å². The summed E-state index contributed by atoms with van der Waals surface area (Å²) in [4.78, 5) is 23.2. The molecule has 28 heavy (non-hydrogen) atoms. The van der Waals surface area contributed by atoms with Crippen LogP contribution in [0.15, 0.2) is 41.3 Å². The highest BCUT2D eigenvalue weighted by Crippen LogP contribution is 2.24. The molecule has 0 amide bonds. The number of halogens is 2. The van der Waals surface area contributed by atoms with Crippen molar-refractivity contribution >= 4 is 22.1 Å². The third kappa shape index (κ3) is 5.26. The summed E-state index contributed by atoms with van der Waals surface area (Å²) in [5, 5.41) is 0. The Morgan fingerprint density at radius 2 is 1.29 bits per heavy atom. The zero-order chi connectivity index (χ0) is 20.9. The summed E-state index contributed by atoms with van der Waals surface area (Å²) in [6, 6.07) is 4.83. The molecule has 0 atom stereocenters. The average Bonchev–Trinajstić information content (AvgIpc) is 2.60. The maximum atomic E-state index is 13.3. The molecular weight excluding hydrogens is 398 g/mol. The quantitative estimate of drug-likeness (QED) is 0.507. The zero-order valence-corrected chi connectivity index (χ0v) is 15.7. The highest BCUT2D eigenvalue weighted by Gasteiger charge is 2.22. The molecule has 0 saturated heterocycles. The van der Waals surface area contributed by atoms with Gasteiger partial charge in [0, 0.05) is 6.07 Å². The second-order valence-corrected chi connectivity index (χ2v) is 6.88. The van der Waals surface area contributed by atoms with Gasteiger partial charge >= 0.3 is 22.1 Å².